The third-order valence-corrected chi connectivity index (χ3v) is 5.88. The first-order valence-electron chi connectivity index (χ1n) is 10.7. The fraction of sp³-hybridized carbons (Fsp3) is 0.417. The molecule has 31 heavy (non-hydrogen) atoms. The molecular formula is C24H30N2O4S. The van der Waals surface area contributed by atoms with Gasteiger partial charge >= 0.3 is 0 Å². The van der Waals surface area contributed by atoms with E-state index in [2.05, 4.69) is 6.92 Å². The number of aliphatic imine (C=N–C) groups is 1. The minimum atomic E-state index is 0.0810. The van der Waals surface area contributed by atoms with Crippen molar-refractivity contribution in [1.82, 2.24) is 4.90 Å². The van der Waals surface area contributed by atoms with E-state index in [1.54, 1.807) is 11.8 Å². The Bertz CT molecular complexity index is 868. The van der Waals surface area contributed by atoms with Crippen molar-refractivity contribution in [2.24, 2.45) is 4.99 Å². The number of amidine groups is 1. The molecule has 7 heteroatoms. The normalized spacial score (nSPS) is 17.1. The zero-order valence-corrected chi connectivity index (χ0v) is 19.2. The Hall–Kier alpha value is -2.67. The first kappa shape index (κ1) is 23.0. The van der Waals surface area contributed by atoms with Gasteiger partial charge in [-0.1, -0.05) is 11.8 Å². The van der Waals surface area contributed by atoms with Crippen LogP contribution in [0.1, 0.15) is 33.6 Å². The molecule has 1 aliphatic rings. The van der Waals surface area contributed by atoms with Crippen molar-refractivity contribution < 1.29 is 19.0 Å². The molecule has 3 rings (SSSR count). The summed E-state index contributed by atoms with van der Waals surface area (Å²) < 4.78 is 16.7. The van der Waals surface area contributed by atoms with Crippen molar-refractivity contribution in [2.45, 2.75) is 39.7 Å². The minimum absolute atomic E-state index is 0.0810. The fourth-order valence-electron chi connectivity index (χ4n) is 3.19. The molecule has 1 fully saturated rings. The first-order valence-corrected chi connectivity index (χ1v) is 11.7. The summed E-state index contributed by atoms with van der Waals surface area (Å²) in [4.78, 5) is 19.4. The summed E-state index contributed by atoms with van der Waals surface area (Å²) >= 11 is 1.62. The molecule has 0 saturated carbocycles. The maximum absolute atomic E-state index is 12.9. The van der Waals surface area contributed by atoms with E-state index in [4.69, 9.17) is 19.2 Å². The van der Waals surface area contributed by atoms with E-state index in [0.717, 1.165) is 33.9 Å². The summed E-state index contributed by atoms with van der Waals surface area (Å²) in [6.07, 6.45) is 1.07. The summed E-state index contributed by atoms with van der Waals surface area (Å²) in [6, 6.07) is 15.3. The van der Waals surface area contributed by atoms with Crippen LogP contribution in [0.3, 0.4) is 0 Å². The predicted octanol–water partition coefficient (Wildman–Crippen LogP) is 5.29. The lowest BCUT2D eigenvalue weighted by molar-refractivity contribution is -0.128. The van der Waals surface area contributed by atoms with Crippen LogP contribution in [0.15, 0.2) is 53.5 Å². The van der Waals surface area contributed by atoms with Crippen molar-refractivity contribution in [1.29, 1.82) is 0 Å². The average Bonchev–Trinajstić information content (AvgIpc) is 3.14. The van der Waals surface area contributed by atoms with E-state index < -0.39 is 0 Å². The molecule has 0 bridgehead atoms. The van der Waals surface area contributed by atoms with Gasteiger partial charge in [0.05, 0.1) is 25.5 Å². The topological polar surface area (TPSA) is 60.4 Å². The second kappa shape index (κ2) is 11.6. The van der Waals surface area contributed by atoms with Gasteiger partial charge in [0.15, 0.2) is 5.17 Å². The lowest BCUT2D eigenvalue weighted by atomic mass is 10.2. The van der Waals surface area contributed by atoms with Crippen molar-refractivity contribution in [3.63, 3.8) is 0 Å². The Balaban J connectivity index is 1.51. The number of ether oxygens (including phenoxy) is 3. The number of hydrogen-bond acceptors (Lipinski definition) is 6. The lowest BCUT2D eigenvalue weighted by Gasteiger charge is -2.21. The summed E-state index contributed by atoms with van der Waals surface area (Å²) in [5.41, 5.74) is 0.816. The summed E-state index contributed by atoms with van der Waals surface area (Å²) in [6.45, 7) is 7.72. The van der Waals surface area contributed by atoms with Gasteiger partial charge in [0.2, 0.25) is 5.91 Å². The van der Waals surface area contributed by atoms with Crippen molar-refractivity contribution in [3.8, 4) is 17.2 Å². The Morgan fingerprint density at radius 2 is 1.52 bits per heavy atom. The number of carbonyl (C=O) groups is 1. The Kier molecular flexibility index (Phi) is 8.64. The number of benzene rings is 2. The van der Waals surface area contributed by atoms with E-state index >= 15 is 0 Å². The standard InChI is InChI=1S/C24H30N2O4S/c1-4-28-20-10-8-19(9-11-20)25-24-26(18(3)17-31-24)23(27)7-6-16-30-22-14-12-21(13-15-22)29-5-2/h8-15,18H,4-7,16-17H2,1-3H3/t18-/m0/s1. The number of amides is 1. The maximum atomic E-state index is 12.9. The van der Waals surface area contributed by atoms with Gasteiger partial charge in [-0.2, -0.15) is 0 Å². The van der Waals surface area contributed by atoms with Gasteiger partial charge in [-0.15, -0.1) is 0 Å². The molecule has 0 spiro atoms. The molecule has 0 N–H and O–H groups in total. The van der Waals surface area contributed by atoms with Crippen LogP contribution in [-0.4, -0.2) is 47.6 Å². The molecule has 1 heterocycles. The molecule has 0 aromatic heterocycles. The number of carbonyl (C=O) groups excluding carboxylic acids is 1. The molecule has 1 amide bonds. The Morgan fingerprint density at radius 3 is 2.10 bits per heavy atom. The van der Waals surface area contributed by atoms with Crippen LogP contribution in [0.5, 0.6) is 17.2 Å². The van der Waals surface area contributed by atoms with Crippen LogP contribution in [0, 0.1) is 0 Å². The second-order valence-corrected chi connectivity index (χ2v) is 8.09. The highest BCUT2D eigenvalue weighted by Gasteiger charge is 2.31. The molecule has 0 unspecified atom stereocenters. The predicted molar refractivity (Wildman–Crippen MR) is 126 cm³/mol. The van der Waals surface area contributed by atoms with Crippen LogP contribution in [-0.2, 0) is 4.79 Å². The van der Waals surface area contributed by atoms with Gasteiger partial charge in [-0.3, -0.25) is 9.69 Å². The monoisotopic (exact) mass is 442 g/mol. The third-order valence-electron chi connectivity index (χ3n) is 4.68. The molecule has 0 radical (unpaired) electrons. The molecule has 1 atom stereocenters. The zero-order chi connectivity index (χ0) is 22.1. The van der Waals surface area contributed by atoms with Gasteiger partial charge in [0.1, 0.15) is 17.2 Å². The first-order chi connectivity index (χ1) is 15.1. The van der Waals surface area contributed by atoms with Crippen LogP contribution in [0.25, 0.3) is 0 Å². The van der Waals surface area contributed by atoms with Crippen LogP contribution in [0.4, 0.5) is 5.69 Å². The molecule has 2 aromatic rings. The quantitative estimate of drug-likeness (QED) is 0.468. The molecule has 1 saturated heterocycles. The largest absolute Gasteiger partial charge is 0.494 e. The highest BCUT2D eigenvalue weighted by Crippen LogP contribution is 2.29. The fourth-order valence-corrected chi connectivity index (χ4v) is 4.32. The average molecular weight is 443 g/mol. The molecule has 1 aliphatic heterocycles. The highest BCUT2D eigenvalue weighted by molar-refractivity contribution is 8.14. The van der Waals surface area contributed by atoms with Gasteiger partial charge in [0, 0.05) is 18.2 Å². The number of hydrogen-bond donors (Lipinski definition) is 0. The SMILES string of the molecule is CCOc1ccc(N=C2SC[C@H](C)N2C(=O)CCCOc2ccc(OCC)cc2)cc1. The summed E-state index contributed by atoms with van der Waals surface area (Å²) in [5, 5.41) is 0.758. The molecule has 0 aliphatic carbocycles. The molecule has 6 nitrogen and oxygen atoms in total. The van der Waals surface area contributed by atoms with E-state index in [9.17, 15) is 4.79 Å². The van der Waals surface area contributed by atoms with E-state index in [1.165, 1.54) is 0 Å². The highest BCUT2D eigenvalue weighted by atomic mass is 32.2. The number of thioether (sulfide) groups is 1. The van der Waals surface area contributed by atoms with Crippen molar-refractivity contribution >= 4 is 28.5 Å². The Labute approximate surface area is 188 Å². The number of rotatable bonds is 10. The summed E-state index contributed by atoms with van der Waals surface area (Å²) in [5.74, 6) is 3.35. The van der Waals surface area contributed by atoms with Gasteiger partial charge in [0.25, 0.3) is 0 Å². The van der Waals surface area contributed by atoms with E-state index in [1.807, 2.05) is 67.3 Å². The van der Waals surface area contributed by atoms with E-state index in [0.29, 0.717) is 32.7 Å². The van der Waals surface area contributed by atoms with E-state index in [-0.39, 0.29) is 11.9 Å². The number of nitrogens with zero attached hydrogens (tertiary/aromatic N) is 2. The molecule has 2 aromatic carbocycles. The van der Waals surface area contributed by atoms with Crippen LogP contribution < -0.4 is 14.2 Å². The third kappa shape index (κ3) is 6.66. The summed E-state index contributed by atoms with van der Waals surface area (Å²) in [7, 11) is 0. The van der Waals surface area contributed by atoms with Crippen LogP contribution >= 0.6 is 11.8 Å². The molecule has 166 valence electrons. The van der Waals surface area contributed by atoms with Gasteiger partial charge in [-0.05, 0) is 75.7 Å². The maximum Gasteiger partial charge on any atom is 0.228 e. The van der Waals surface area contributed by atoms with Crippen LogP contribution in [0.2, 0.25) is 0 Å². The Morgan fingerprint density at radius 1 is 0.968 bits per heavy atom. The zero-order valence-electron chi connectivity index (χ0n) is 18.4. The van der Waals surface area contributed by atoms with Crippen molar-refractivity contribution in [2.75, 3.05) is 25.6 Å². The molecular weight excluding hydrogens is 412 g/mol. The minimum Gasteiger partial charge on any atom is -0.494 e. The second-order valence-electron chi connectivity index (χ2n) is 7.10. The smallest absolute Gasteiger partial charge is 0.228 e. The van der Waals surface area contributed by atoms with Gasteiger partial charge < -0.3 is 14.2 Å². The van der Waals surface area contributed by atoms with Crippen molar-refractivity contribution in [3.05, 3.63) is 48.5 Å². The lowest BCUT2D eigenvalue weighted by Crippen LogP contribution is -2.37. The van der Waals surface area contributed by atoms with Gasteiger partial charge in [-0.25, -0.2) is 4.99 Å².